The minimum atomic E-state index is -0.553. The average Bonchev–Trinajstić information content (AvgIpc) is 3.39. The van der Waals surface area contributed by atoms with E-state index in [-0.39, 0.29) is 24.3 Å². The van der Waals surface area contributed by atoms with Crippen LogP contribution in [0.5, 0.6) is 0 Å². The van der Waals surface area contributed by atoms with Crippen LogP contribution < -0.4 is 15.5 Å². The molecule has 1 aromatic heterocycles. The molecule has 0 unspecified atom stereocenters. The first-order chi connectivity index (χ1) is 20.4. The first kappa shape index (κ1) is 27.8. The second-order valence-electron chi connectivity index (χ2n) is 11.8. The maximum absolute atomic E-state index is 14.1. The largest absolute Gasteiger partial charge is 0.356 e. The molecule has 3 aromatic carbocycles. The Morgan fingerprint density at radius 1 is 0.881 bits per heavy atom. The molecule has 1 saturated carbocycles. The molecule has 0 radical (unpaired) electrons. The summed E-state index contributed by atoms with van der Waals surface area (Å²) in [5, 5.41) is 7.36. The van der Waals surface area contributed by atoms with Gasteiger partial charge in [-0.3, -0.25) is 9.59 Å². The number of nitrogens with zero attached hydrogens (tertiary/aromatic N) is 1. The van der Waals surface area contributed by atoms with Crippen molar-refractivity contribution in [3.05, 3.63) is 101 Å². The standard InChI is InChI=1S/C35H38N4O3/c1-22(2)23-16-18-24(19-17-23)32-33-27(26-12-6-8-14-29(26)37-33)20-21-31(40)39(35(42)38-32)30-15-9-7-13-28(30)34(41)36-25-10-4-3-5-11-25/h6-9,12-19,22,25,32,37H,3-5,10-11,20-21H2,1-2H3,(H,36,41)(H,38,42)/t32-/m1/s1. The molecule has 42 heavy (non-hydrogen) atoms. The van der Waals surface area contributed by atoms with Crippen molar-refractivity contribution in [2.45, 2.75) is 76.8 Å². The maximum atomic E-state index is 14.1. The second-order valence-corrected chi connectivity index (χ2v) is 11.8. The number of nitrogens with one attached hydrogen (secondary N) is 3. The Kier molecular flexibility index (Phi) is 7.83. The fourth-order valence-electron chi connectivity index (χ4n) is 6.39. The van der Waals surface area contributed by atoms with E-state index < -0.39 is 12.1 Å². The number of rotatable bonds is 5. The Morgan fingerprint density at radius 2 is 1.60 bits per heavy atom. The predicted octanol–water partition coefficient (Wildman–Crippen LogP) is 7.13. The van der Waals surface area contributed by atoms with Crippen LogP contribution in [-0.2, 0) is 11.2 Å². The van der Waals surface area contributed by atoms with Gasteiger partial charge >= 0.3 is 6.03 Å². The summed E-state index contributed by atoms with van der Waals surface area (Å²) in [6.45, 7) is 4.30. The van der Waals surface area contributed by atoms with Crippen LogP contribution in [0.2, 0.25) is 0 Å². The third-order valence-electron chi connectivity index (χ3n) is 8.71. The number of amides is 4. The summed E-state index contributed by atoms with van der Waals surface area (Å²) < 4.78 is 0. The Labute approximate surface area is 246 Å². The van der Waals surface area contributed by atoms with E-state index in [4.69, 9.17) is 0 Å². The number of benzene rings is 3. The van der Waals surface area contributed by atoms with Gasteiger partial charge in [-0.25, -0.2) is 9.69 Å². The monoisotopic (exact) mass is 562 g/mol. The number of hydrogen-bond acceptors (Lipinski definition) is 3. The number of aryl methyl sites for hydroxylation is 1. The lowest BCUT2D eigenvalue weighted by Crippen LogP contribution is -2.46. The highest BCUT2D eigenvalue weighted by Crippen LogP contribution is 2.34. The summed E-state index contributed by atoms with van der Waals surface area (Å²) in [6.07, 6.45) is 5.84. The number of carbonyl (C=O) groups is 3. The van der Waals surface area contributed by atoms with Crippen LogP contribution in [0.4, 0.5) is 10.5 Å². The number of aromatic nitrogens is 1. The Balaban J connectivity index is 1.40. The van der Waals surface area contributed by atoms with Crippen LogP contribution in [-0.4, -0.2) is 28.9 Å². The van der Waals surface area contributed by atoms with Gasteiger partial charge in [0, 0.05) is 29.1 Å². The van der Waals surface area contributed by atoms with E-state index in [1.807, 2.05) is 30.3 Å². The fraction of sp³-hybridized carbons (Fsp3) is 0.343. The third-order valence-corrected chi connectivity index (χ3v) is 8.71. The number of para-hydroxylation sites is 2. The van der Waals surface area contributed by atoms with Crippen LogP contribution >= 0.6 is 0 Å². The van der Waals surface area contributed by atoms with Crippen LogP contribution in [0, 0.1) is 0 Å². The molecule has 2 aliphatic rings. The van der Waals surface area contributed by atoms with E-state index in [0.29, 0.717) is 23.6 Å². The van der Waals surface area contributed by atoms with Crippen molar-refractivity contribution in [2.24, 2.45) is 0 Å². The molecule has 4 amide bonds. The van der Waals surface area contributed by atoms with Crippen molar-refractivity contribution >= 4 is 34.4 Å². The third kappa shape index (κ3) is 5.43. The lowest BCUT2D eigenvalue weighted by Gasteiger charge is -2.27. The van der Waals surface area contributed by atoms with Crippen molar-refractivity contribution in [2.75, 3.05) is 4.90 Å². The summed E-state index contributed by atoms with van der Waals surface area (Å²) in [5.74, 6) is -0.227. The molecule has 1 aliphatic heterocycles. The zero-order valence-corrected chi connectivity index (χ0v) is 24.3. The van der Waals surface area contributed by atoms with Crippen LogP contribution in [0.1, 0.15) is 97.1 Å². The highest BCUT2D eigenvalue weighted by atomic mass is 16.2. The topological polar surface area (TPSA) is 94.3 Å². The molecular weight excluding hydrogens is 524 g/mol. The molecule has 1 aliphatic carbocycles. The SMILES string of the molecule is CC(C)c1ccc([C@H]2NC(=O)N(c3ccccc3C(=O)NC3CCCCC3)C(=O)CCc3c2[nH]c2ccccc32)cc1. The Bertz CT molecular complexity index is 1620. The molecule has 0 bridgehead atoms. The zero-order valence-electron chi connectivity index (χ0n) is 24.3. The van der Waals surface area contributed by atoms with Gasteiger partial charge in [0.15, 0.2) is 0 Å². The molecule has 3 N–H and O–H groups in total. The minimum Gasteiger partial charge on any atom is -0.356 e. The number of fused-ring (bicyclic) bond motifs is 3. The van der Waals surface area contributed by atoms with E-state index in [0.717, 1.165) is 53.4 Å². The normalized spacial score (nSPS) is 18.3. The van der Waals surface area contributed by atoms with Crippen molar-refractivity contribution in [3.63, 3.8) is 0 Å². The fourth-order valence-corrected chi connectivity index (χ4v) is 6.39. The van der Waals surface area contributed by atoms with Crippen molar-refractivity contribution in [1.29, 1.82) is 0 Å². The van der Waals surface area contributed by atoms with Gasteiger partial charge in [0.05, 0.1) is 17.3 Å². The first-order valence-corrected chi connectivity index (χ1v) is 15.1. The molecule has 0 saturated heterocycles. The van der Waals surface area contributed by atoms with E-state index in [2.05, 4.69) is 47.7 Å². The zero-order chi connectivity index (χ0) is 29.2. The number of hydrogen-bond donors (Lipinski definition) is 3. The van der Waals surface area contributed by atoms with Gasteiger partial charge < -0.3 is 15.6 Å². The van der Waals surface area contributed by atoms with Gasteiger partial charge in [-0.15, -0.1) is 0 Å². The van der Waals surface area contributed by atoms with Crippen LogP contribution in [0.25, 0.3) is 10.9 Å². The second kappa shape index (κ2) is 11.8. The van der Waals surface area contributed by atoms with Crippen molar-refractivity contribution in [3.8, 4) is 0 Å². The molecular formula is C35H38N4O3. The van der Waals surface area contributed by atoms with Gasteiger partial charge in [-0.2, -0.15) is 0 Å². The van der Waals surface area contributed by atoms with E-state index in [9.17, 15) is 14.4 Å². The average molecular weight is 563 g/mol. The molecule has 0 spiro atoms. The van der Waals surface area contributed by atoms with E-state index in [1.54, 1.807) is 24.3 Å². The highest BCUT2D eigenvalue weighted by Gasteiger charge is 2.34. The molecule has 216 valence electrons. The molecule has 4 aromatic rings. The molecule has 1 fully saturated rings. The van der Waals surface area contributed by atoms with Crippen molar-refractivity contribution < 1.29 is 14.4 Å². The highest BCUT2D eigenvalue weighted by molar-refractivity contribution is 6.18. The molecule has 6 rings (SSSR count). The van der Waals surface area contributed by atoms with Crippen LogP contribution in [0.15, 0.2) is 72.8 Å². The number of H-pyrrole nitrogens is 1. The summed E-state index contributed by atoms with van der Waals surface area (Å²) in [4.78, 5) is 46.2. The summed E-state index contributed by atoms with van der Waals surface area (Å²) in [5.41, 5.74) is 5.61. The van der Waals surface area contributed by atoms with Crippen molar-refractivity contribution in [1.82, 2.24) is 15.6 Å². The van der Waals surface area contributed by atoms with Gasteiger partial charge in [-0.1, -0.05) is 87.7 Å². The first-order valence-electron chi connectivity index (χ1n) is 15.1. The molecule has 2 heterocycles. The van der Waals surface area contributed by atoms with Crippen LogP contribution in [0.3, 0.4) is 0 Å². The smallest absolute Gasteiger partial charge is 0.329 e. The Morgan fingerprint density at radius 3 is 2.36 bits per heavy atom. The van der Waals surface area contributed by atoms with Gasteiger partial charge in [0.1, 0.15) is 0 Å². The van der Waals surface area contributed by atoms with Gasteiger partial charge in [-0.05, 0) is 60.1 Å². The number of aromatic amines is 1. The number of carbonyl (C=O) groups excluding carboxylic acids is 3. The van der Waals surface area contributed by atoms with Gasteiger partial charge in [0.25, 0.3) is 5.91 Å². The van der Waals surface area contributed by atoms with E-state index >= 15 is 0 Å². The number of urea groups is 1. The lowest BCUT2D eigenvalue weighted by atomic mass is 9.95. The molecule has 7 heteroatoms. The minimum absolute atomic E-state index is 0.107. The summed E-state index contributed by atoms with van der Waals surface area (Å²) >= 11 is 0. The number of imide groups is 1. The maximum Gasteiger partial charge on any atom is 0.329 e. The quantitative estimate of drug-likeness (QED) is 0.241. The molecule has 1 atom stereocenters. The molecule has 7 nitrogen and oxygen atoms in total. The lowest BCUT2D eigenvalue weighted by molar-refractivity contribution is -0.117. The predicted molar refractivity (Wildman–Crippen MR) is 166 cm³/mol. The van der Waals surface area contributed by atoms with E-state index in [1.165, 1.54) is 16.9 Å². The van der Waals surface area contributed by atoms with Gasteiger partial charge in [0.2, 0.25) is 5.91 Å². The Hall–Kier alpha value is -4.39. The summed E-state index contributed by atoms with van der Waals surface area (Å²) in [6, 6.07) is 22.3. The summed E-state index contributed by atoms with van der Waals surface area (Å²) in [7, 11) is 0. The number of anilines is 1.